The molecule has 1 heterocycles. The van der Waals surface area contributed by atoms with Crippen LogP contribution in [0.5, 0.6) is 0 Å². The molecule has 0 saturated carbocycles. The molecular formula is C17H21N5O4. The van der Waals surface area contributed by atoms with Gasteiger partial charge in [0.2, 0.25) is 0 Å². The van der Waals surface area contributed by atoms with Crippen LogP contribution in [0.4, 0.5) is 32.6 Å². The highest BCUT2D eigenvalue weighted by Gasteiger charge is 2.19. The van der Waals surface area contributed by atoms with Gasteiger partial charge in [-0.3, -0.25) is 10.6 Å². The molecule has 0 aliphatic rings. The largest absolute Gasteiger partial charge is 0.450 e. The third-order valence-corrected chi connectivity index (χ3v) is 3.26. The molecule has 0 aliphatic heterocycles. The minimum absolute atomic E-state index is 0.226. The highest BCUT2D eigenvalue weighted by molar-refractivity contribution is 5.94. The summed E-state index contributed by atoms with van der Waals surface area (Å²) in [6.07, 6.45) is -1.25. The number of carbonyl (C=O) groups excluding carboxylic acids is 2. The number of ether oxygens (including phenoxy) is 2. The Labute approximate surface area is 150 Å². The second kappa shape index (κ2) is 9.21. The maximum absolute atomic E-state index is 11.8. The zero-order valence-corrected chi connectivity index (χ0v) is 14.8. The minimum atomic E-state index is -0.631. The Balaban J connectivity index is 2.32. The van der Waals surface area contributed by atoms with Gasteiger partial charge in [-0.05, 0) is 32.9 Å². The first-order valence-electron chi connectivity index (χ1n) is 8.12. The fourth-order valence-corrected chi connectivity index (χ4v) is 2.07. The van der Waals surface area contributed by atoms with Crippen LogP contribution in [0.1, 0.15) is 19.4 Å². The number of azo groups is 1. The number of aromatic nitrogens is 1. The number of H-pyrrole nitrogens is 1. The minimum Gasteiger partial charge on any atom is -0.450 e. The lowest BCUT2D eigenvalue weighted by atomic mass is 10.3. The van der Waals surface area contributed by atoms with Gasteiger partial charge >= 0.3 is 12.2 Å². The van der Waals surface area contributed by atoms with Crippen LogP contribution in [0.15, 0.2) is 40.6 Å². The number of anilines is 2. The van der Waals surface area contributed by atoms with Crippen LogP contribution < -0.4 is 10.6 Å². The fourth-order valence-electron chi connectivity index (χ4n) is 2.07. The molecule has 0 spiro atoms. The molecule has 2 amide bonds. The Bertz CT molecular complexity index is 786. The Morgan fingerprint density at radius 2 is 1.62 bits per heavy atom. The van der Waals surface area contributed by atoms with Crippen molar-refractivity contribution in [2.45, 2.75) is 20.8 Å². The van der Waals surface area contributed by atoms with E-state index in [0.29, 0.717) is 22.8 Å². The van der Waals surface area contributed by atoms with Gasteiger partial charge in [0.15, 0.2) is 5.82 Å². The van der Waals surface area contributed by atoms with E-state index < -0.39 is 12.2 Å². The van der Waals surface area contributed by atoms with Crippen molar-refractivity contribution in [3.63, 3.8) is 0 Å². The first-order valence-corrected chi connectivity index (χ1v) is 8.12. The lowest BCUT2D eigenvalue weighted by Gasteiger charge is -2.06. The summed E-state index contributed by atoms with van der Waals surface area (Å²) in [6, 6.07) is 9.11. The van der Waals surface area contributed by atoms with Crippen LogP contribution in [0, 0.1) is 6.92 Å². The Morgan fingerprint density at radius 1 is 1.00 bits per heavy atom. The van der Waals surface area contributed by atoms with E-state index in [-0.39, 0.29) is 19.0 Å². The first kappa shape index (κ1) is 19.0. The molecule has 0 unspecified atom stereocenters. The highest BCUT2D eigenvalue weighted by atomic mass is 16.6. The molecule has 1 aromatic heterocycles. The SMILES string of the molecule is CCOC(=O)Nc1[nH]c(N=Nc2ccccc2)c(NC(=O)OCC)c1C. The van der Waals surface area contributed by atoms with E-state index in [2.05, 4.69) is 25.8 Å². The van der Waals surface area contributed by atoms with Crippen molar-refractivity contribution in [1.82, 2.24) is 4.98 Å². The summed E-state index contributed by atoms with van der Waals surface area (Å²) in [5.41, 5.74) is 1.56. The van der Waals surface area contributed by atoms with Crippen molar-refractivity contribution in [2.24, 2.45) is 10.2 Å². The topological polar surface area (TPSA) is 117 Å². The Hall–Kier alpha value is -3.36. The van der Waals surface area contributed by atoms with E-state index in [1.165, 1.54) is 0 Å². The molecule has 0 radical (unpaired) electrons. The van der Waals surface area contributed by atoms with Gasteiger partial charge in [-0.2, -0.15) is 0 Å². The second-order valence-electron chi connectivity index (χ2n) is 5.08. The summed E-state index contributed by atoms with van der Waals surface area (Å²) in [5, 5.41) is 13.4. The Kier molecular flexibility index (Phi) is 6.72. The highest BCUT2D eigenvalue weighted by Crippen LogP contribution is 2.35. The summed E-state index contributed by atoms with van der Waals surface area (Å²) in [4.78, 5) is 26.4. The van der Waals surface area contributed by atoms with E-state index >= 15 is 0 Å². The molecule has 0 saturated heterocycles. The molecule has 3 N–H and O–H groups in total. The predicted molar refractivity (Wildman–Crippen MR) is 97.4 cm³/mol. The molecule has 26 heavy (non-hydrogen) atoms. The van der Waals surface area contributed by atoms with Crippen molar-refractivity contribution in [3.8, 4) is 0 Å². The van der Waals surface area contributed by atoms with E-state index in [0.717, 1.165) is 0 Å². The quantitative estimate of drug-likeness (QED) is 0.637. The number of nitrogens with zero attached hydrogens (tertiary/aromatic N) is 2. The van der Waals surface area contributed by atoms with Crippen LogP contribution in [-0.4, -0.2) is 30.4 Å². The first-order chi connectivity index (χ1) is 12.5. The number of hydrogen-bond acceptors (Lipinski definition) is 6. The van der Waals surface area contributed by atoms with E-state index in [4.69, 9.17) is 9.47 Å². The van der Waals surface area contributed by atoms with Crippen LogP contribution in [0.3, 0.4) is 0 Å². The van der Waals surface area contributed by atoms with Crippen molar-refractivity contribution >= 4 is 35.2 Å². The number of nitrogens with one attached hydrogen (secondary N) is 3. The third-order valence-electron chi connectivity index (χ3n) is 3.26. The van der Waals surface area contributed by atoms with E-state index in [1.807, 2.05) is 18.2 Å². The number of carbonyl (C=O) groups is 2. The molecule has 0 aliphatic carbocycles. The molecule has 138 valence electrons. The molecule has 0 fully saturated rings. The molecule has 0 bridgehead atoms. The van der Waals surface area contributed by atoms with E-state index in [1.54, 1.807) is 32.9 Å². The van der Waals surface area contributed by atoms with Crippen molar-refractivity contribution in [2.75, 3.05) is 23.8 Å². The van der Waals surface area contributed by atoms with Gasteiger partial charge in [0.05, 0.1) is 24.6 Å². The van der Waals surface area contributed by atoms with Crippen LogP contribution in [-0.2, 0) is 9.47 Å². The number of aromatic amines is 1. The standard InChI is InChI=1S/C17H21N5O4/c1-4-25-16(23)18-13-11(3)14(20-17(24)26-5-2)19-15(13)22-21-12-9-7-6-8-10-12/h6-10,19H,4-5H2,1-3H3,(H,18,23)(H,20,24). The number of amides is 2. The molecule has 0 atom stereocenters. The maximum atomic E-state index is 11.8. The van der Waals surface area contributed by atoms with Crippen LogP contribution in [0.25, 0.3) is 0 Å². The second-order valence-corrected chi connectivity index (χ2v) is 5.08. The summed E-state index contributed by atoms with van der Waals surface area (Å²) in [7, 11) is 0. The van der Waals surface area contributed by atoms with Gasteiger partial charge in [0.25, 0.3) is 0 Å². The van der Waals surface area contributed by atoms with Crippen molar-refractivity contribution in [1.29, 1.82) is 0 Å². The summed E-state index contributed by atoms with van der Waals surface area (Å²) >= 11 is 0. The zero-order valence-electron chi connectivity index (χ0n) is 14.8. The van der Waals surface area contributed by atoms with Gasteiger partial charge in [-0.25, -0.2) is 9.59 Å². The molecule has 9 nitrogen and oxygen atoms in total. The maximum Gasteiger partial charge on any atom is 0.412 e. The smallest absolute Gasteiger partial charge is 0.412 e. The lowest BCUT2D eigenvalue weighted by molar-refractivity contribution is 0.167. The van der Waals surface area contributed by atoms with E-state index in [9.17, 15) is 9.59 Å². The van der Waals surface area contributed by atoms with Crippen LogP contribution >= 0.6 is 0 Å². The van der Waals surface area contributed by atoms with Crippen molar-refractivity contribution in [3.05, 3.63) is 35.9 Å². The van der Waals surface area contributed by atoms with Gasteiger partial charge < -0.3 is 14.5 Å². The number of hydrogen-bond donors (Lipinski definition) is 3. The van der Waals surface area contributed by atoms with Gasteiger partial charge in [0, 0.05) is 5.56 Å². The lowest BCUT2D eigenvalue weighted by Crippen LogP contribution is -2.15. The van der Waals surface area contributed by atoms with Gasteiger partial charge in [-0.15, -0.1) is 10.2 Å². The molecule has 2 aromatic rings. The number of rotatable bonds is 6. The van der Waals surface area contributed by atoms with Gasteiger partial charge in [0.1, 0.15) is 5.82 Å². The number of benzene rings is 1. The third kappa shape index (κ3) is 5.07. The fraction of sp³-hybridized carbons (Fsp3) is 0.294. The summed E-state index contributed by atoms with van der Waals surface area (Å²) in [6.45, 7) is 5.58. The Morgan fingerprint density at radius 3 is 2.23 bits per heavy atom. The average molecular weight is 359 g/mol. The summed E-state index contributed by atoms with van der Waals surface area (Å²) in [5.74, 6) is 0.614. The predicted octanol–water partition coefficient (Wildman–Crippen LogP) is 4.88. The molecule has 2 rings (SSSR count). The summed E-state index contributed by atoms with van der Waals surface area (Å²) < 4.78 is 9.76. The van der Waals surface area contributed by atoms with Gasteiger partial charge in [-0.1, -0.05) is 18.2 Å². The molecule has 9 heteroatoms. The zero-order chi connectivity index (χ0) is 18.9. The van der Waals surface area contributed by atoms with Crippen LogP contribution in [0.2, 0.25) is 0 Å². The van der Waals surface area contributed by atoms with Crippen molar-refractivity contribution < 1.29 is 19.1 Å². The monoisotopic (exact) mass is 359 g/mol. The average Bonchev–Trinajstić information content (AvgIpc) is 2.90. The normalized spacial score (nSPS) is 10.6. The molecule has 1 aromatic carbocycles. The molecular weight excluding hydrogens is 338 g/mol.